The minimum absolute atomic E-state index is 0.0793. The Bertz CT molecular complexity index is 1420. The molecular formula is C28H35N7O7. The van der Waals surface area contributed by atoms with Crippen LogP contribution in [0.25, 0.3) is 11.2 Å². The zero-order valence-electron chi connectivity index (χ0n) is 23.1. The predicted molar refractivity (Wildman–Crippen MR) is 146 cm³/mol. The molecule has 42 heavy (non-hydrogen) atoms. The lowest BCUT2D eigenvalue weighted by Gasteiger charge is -2.30. The van der Waals surface area contributed by atoms with E-state index in [4.69, 9.17) is 15.2 Å². The van der Waals surface area contributed by atoms with Gasteiger partial charge in [-0.15, -0.1) is 0 Å². The summed E-state index contributed by atoms with van der Waals surface area (Å²) < 4.78 is 12.6. The number of nitrogens with one attached hydrogen (secondary N) is 1. The van der Waals surface area contributed by atoms with Crippen LogP contribution in [0.1, 0.15) is 63.4 Å². The van der Waals surface area contributed by atoms with Gasteiger partial charge in [0.15, 0.2) is 23.8 Å². The molecule has 14 heteroatoms. The van der Waals surface area contributed by atoms with Gasteiger partial charge in [-0.25, -0.2) is 19.7 Å². The molecule has 0 aromatic carbocycles. The van der Waals surface area contributed by atoms with E-state index in [9.17, 15) is 24.6 Å². The summed E-state index contributed by atoms with van der Waals surface area (Å²) in [5.74, 6) is 6.16. The molecule has 4 aliphatic rings. The van der Waals surface area contributed by atoms with Crippen molar-refractivity contribution >= 4 is 34.8 Å². The molecule has 2 saturated heterocycles. The smallest absolute Gasteiger partial charge is 0.409 e. The molecule has 0 spiro atoms. The summed E-state index contributed by atoms with van der Waals surface area (Å²) >= 11 is 0. The van der Waals surface area contributed by atoms with E-state index >= 15 is 0 Å². The molecule has 0 radical (unpaired) electrons. The van der Waals surface area contributed by atoms with Gasteiger partial charge in [-0.05, 0) is 50.4 Å². The number of piperidine rings is 1. The fourth-order valence-corrected chi connectivity index (χ4v) is 5.72. The first-order chi connectivity index (χ1) is 20.3. The molecule has 2 aliphatic carbocycles. The van der Waals surface area contributed by atoms with Crippen LogP contribution < -0.4 is 11.1 Å². The lowest BCUT2D eigenvalue weighted by atomic mass is 9.94. The van der Waals surface area contributed by atoms with Crippen molar-refractivity contribution in [2.45, 2.75) is 81.9 Å². The average molecular weight is 582 g/mol. The number of carbonyl (C=O) groups excluding carboxylic acids is 3. The van der Waals surface area contributed by atoms with E-state index < -0.39 is 30.4 Å². The third kappa shape index (κ3) is 5.90. The highest BCUT2D eigenvalue weighted by Crippen LogP contribution is 2.33. The van der Waals surface area contributed by atoms with Crippen LogP contribution in [-0.4, -0.2) is 96.5 Å². The molecule has 2 aromatic rings. The van der Waals surface area contributed by atoms with Crippen molar-refractivity contribution in [3.63, 3.8) is 0 Å². The Hall–Kier alpha value is -3.80. The molecule has 2 saturated carbocycles. The van der Waals surface area contributed by atoms with Crippen molar-refractivity contribution in [1.82, 2.24) is 29.7 Å². The van der Waals surface area contributed by atoms with E-state index in [2.05, 4.69) is 32.1 Å². The highest BCUT2D eigenvalue weighted by molar-refractivity contribution is 5.84. The Morgan fingerprint density at radius 3 is 2.64 bits per heavy atom. The number of rotatable bonds is 6. The second-order valence-corrected chi connectivity index (χ2v) is 11.5. The number of nitrogens with two attached hydrogens (primary N) is 1. The number of imidazole rings is 1. The second-order valence-electron chi connectivity index (χ2n) is 11.5. The molecule has 224 valence electrons. The Morgan fingerprint density at radius 2 is 1.93 bits per heavy atom. The number of nitrogen functional groups attached to an aromatic ring is 1. The minimum atomic E-state index is -1.42. The van der Waals surface area contributed by atoms with Crippen molar-refractivity contribution < 1.29 is 34.1 Å². The number of nitrogens with zero attached hydrogens (tertiary/aromatic N) is 5. The normalized spacial score (nSPS) is 28.1. The van der Waals surface area contributed by atoms with E-state index in [0.29, 0.717) is 25.9 Å². The van der Waals surface area contributed by atoms with Gasteiger partial charge in [-0.1, -0.05) is 5.92 Å². The fourth-order valence-electron chi connectivity index (χ4n) is 5.72. The number of ether oxygens (including phenoxy) is 2. The standard InChI is InChI=1S/C28H35N7O7/c29-24-20-25(35(14-30-20)27-22(38)21(37)23(42-27)26(39)31-17-7-8-17)33-19(32-24)6-1-3-15-9-11-34(12-10-15)28(40)41-13-16-4-2-5-18(16)36/h14-17,21-23,27,37-38H,2-5,7-13H2,(H,31,39)(H2,29,32,33)/t16?,21?,22-,23-,27+/m0/s1. The van der Waals surface area contributed by atoms with E-state index in [1.807, 2.05) is 0 Å². The van der Waals surface area contributed by atoms with Gasteiger partial charge in [0.1, 0.15) is 30.1 Å². The molecule has 5 N–H and O–H groups in total. The molecule has 0 bridgehead atoms. The molecule has 4 heterocycles. The Morgan fingerprint density at radius 1 is 1.14 bits per heavy atom. The van der Waals surface area contributed by atoms with E-state index in [0.717, 1.165) is 38.5 Å². The first-order valence-corrected chi connectivity index (χ1v) is 14.5. The number of anilines is 1. The minimum Gasteiger partial charge on any atom is -0.449 e. The molecule has 6 rings (SSSR count). The zero-order valence-corrected chi connectivity index (χ0v) is 23.1. The van der Waals surface area contributed by atoms with Gasteiger partial charge >= 0.3 is 6.09 Å². The first kappa shape index (κ1) is 28.3. The van der Waals surface area contributed by atoms with Crippen LogP contribution in [0.5, 0.6) is 0 Å². The third-order valence-corrected chi connectivity index (χ3v) is 8.45. The van der Waals surface area contributed by atoms with Gasteiger partial charge in [-0.3, -0.25) is 14.2 Å². The van der Waals surface area contributed by atoms with Crippen LogP contribution >= 0.6 is 0 Å². The number of aromatic nitrogens is 4. The van der Waals surface area contributed by atoms with Crippen LogP contribution in [0.4, 0.5) is 10.6 Å². The summed E-state index contributed by atoms with van der Waals surface area (Å²) in [5, 5.41) is 23.9. The monoisotopic (exact) mass is 581 g/mol. The van der Waals surface area contributed by atoms with Crippen LogP contribution in [0.2, 0.25) is 0 Å². The van der Waals surface area contributed by atoms with Gasteiger partial charge in [0.05, 0.1) is 12.2 Å². The SMILES string of the molecule is Nc1nc(C#CCC2CCN(C(=O)OCC3CCCC3=O)CC2)nc2c1ncn2[C@@H]1O[C@H](C(=O)NC2CC2)C(O)[C@@H]1O. The maximum Gasteiger partial charge on any atom is 0.409 e. The van der Waals surface area contributed by atoms with Crippen LogP contribution in [-0.2, 0) is 19.1 Å². The average Bonchev–Trinajstić information content (AvgIpc) is 3.40. The molecule has 2 aromatic heterocycles. The van der Waals surface area contributed by atoms with Crippen molar-refractivity contribution in [1.29, 1.82) is 0 Å². The number of amides is 2. The van der Waals surface area contributed by atoms with Gasteiger partial charge in [-0.2, -0.15) is 0 Å². The number of carbonyl (C=O) groups is 3. The molecule has 2 aliphatic heterocycles. The summed E-state index contributed by atoms with van der Waals surface area (Å²) in [5.41, 5.74) is 6.67. The van der Waals surface area contributed by atoms with E-state index in [1.165, 1.54) is 10.9 Å². The lowest BCUT2D eigenvalue weighted by Crippen LogP contribution is -2.43. The summed E-state index contributed by atoms with van der Waals surface area (Å²) in [6, 6.07) is 0.0793. The van der Waals surface area contributed by atoms with Gasteiger partial charge in [0.25, 0.3) is 5.91 Å². The lowest BCUT2D eigenvalue weighted by molar-refractivity contribution is -0.137. The topological polar surface area (TPSA) is 195 Å². The molecule has 2 unspecified atom stereocenters. The number of Topliss-reactive ketones (excluding diaryl/α,β-unsaturated/α-hetero) is 1. The summed E-state index contributed by atoms with van der Waals surface area (Å²) in [4.78, 5) is 51.3. The Kier molecular flexibility index (Phi) is 7.98. The van der Waals surface area contributed by atoms with Gasteiger partial charge < -0.3 is 35.6 Å². The Labute approximate surface area is 242 Å². The van der Waals surface area contributed by atoms with E-state index in [-0.39, 0.29) is 59.2 Å². The third-order valence-electron chi connectivity index (χ3n) is 8.45. The van der Waals surface area contributed by atoms with Gasteiger partial charge in [0.2, 0.25) is 5.82 Å². The maximum absolute atomic E-state index is 12.5. The molecular weight excluding hydrogens is 546 g/mol. The molecule has 4 fully saturated rings. The highest BCUT2D eigenvalue weighted by atomic mass is 16.6. The van der Waals surface area contributed by atoms with Crippen LogP contribution in [0, 0.1) is 23.7 Å². The number of aliphatic hydroxyl groups excluding tert-OH is 2. The second kappa shape index (κ2) is 11.8. The maximum atomic E-state index is 12.5. The summed E-state index contributed by atoms with van der Waals surface area (Å²) in [7, 11) is 0. The van der Waals surface area contributed by atoms with Gasteiger partial charge in [0, 0.05) is 32.0 Å². The molecule has 14 nitrogen and oxygen atoms in total. The van der Waals surface area contributed by atoms with Crippen molar-refractivity contribution in [3.8, 4) is 11.8 Å². The van der Waals surface area contributed by atoms with Crippen LogP contribution in [0.15, 0.2) is 6.33 Å². The van der Waals surface area contributed by atoms with E-state index in [1.54, 1.807) is 4.90 Å². The molecule has 5 atom stereocenters. The Balaban J connectivity index is 1.06. The first-order valence-electron chi connectivity index (χ1n) is 14.5. The fraction of sp³-hybridized carbons (Fsp3) is 0.643. The van der Waals surface area contributed by atoms with Crippen molar-refractivity contribution in [2.24, 2.45) is 11.8 Å². The number of aliphatic hydroxyl groups is 2. The zero-order chi connectivity index (χ0) is 29.4. The summed E-state index contributed by atoms with van der Waals surface area (Å²) in [6.07, 6.45) is 1.97. The molecule has 2 amide bonds. The largest absolute Gasteiger partial charge is 0.449 e. The predicted octanol–water partition coefficient (Wildman–Crippen LogP) is 0.266. The number of hydrogen-bond donors (Lipinski definition) is 4. The number of fused-ring (bicyclic) bond motifs is 1. The number of hydrogen-bond acceptors (Lipinski definition) is 11. The van der Waals surface area contributed by atoms with Crippen molar-refractivity contribution in [2.75, 3.05) is 25.4 Å². The van der Waals surface area contributed by atoms with Crippen molar-refractivity contribution in [3.05, 3.63) is 12.2 Å². The number of likely N-dealkylation sites (tertiary alicyclic amines) is 1. The van der Waals surface area contributed by atoms with Crippen LogP contribution in [0.3, 0.4) is 0 Å². The number of ketones is 1. The highest BCUT2D eigenvalue weighted by Gasteiger charge is 2.48. The summed E-state index contributed by atoms with van der Waals surface area (Å²) in [6.45, 7) is 1.29. The quantitative estimate of drug-likeness (QED) is 0.342.